The van der Waals surface area contributed by atoms with Crippen molar-refractivity contribution < 1.29 is 23.9 Å². The fourth-order valence-electron chi connectivity index (χ4n) is 2.30. The summed E-state index contributed by atoms with van der Waals surface area (Å²) in [6.07, 6.45) is -0.0646. The number of carboxylic acids is 1. The highest BCUT2D eigenvalue weighted by molar-refractivity contribution is 8.15. The first-order valence-electron chi connectivity index (χ1n) is 7.86. The molecule has 1 fully saturated rings. The summed E-state index contributed by atoms with van der Waals surface area (Å²) < 4.78 is 12.9. The normalized spacial score (nSPS) is 17.6. The molecule has 1 aliphatic heterocycles. The molecule has 0 spiro atoms. The summed E-state index contributed by atoms with van der Waals surface area (Å²) in [5.74, 6) is -2.16. The van der Waals surface area contributed by atoms with Crippen LogP contribution in [0.15, 0.2) is 53.5 Å². The maximum atomic E-state index is 12.9. The zero-order valence-electron chi connectivity index (χ0n) is 13.8. The van der Waals surface area contributed by atoms with E-state index in [1.807, 2.05) is 0 Å². The van der Waals surface area contributed by atoms with Crippen molar-refractivity contribution in [2.24, 2.45) is 4.99 Å². The summed E-state index contributed by atoms with van der Waals surface area (Å²) >= 11 is 1.12. The molecular weight excluding hydrogens is 373 g/mol. The van der Waals surface area contributed by atoms with E-state index in [9.17, 15) is 18.8 Å². The molecule has 138 valence electrons. The molecule has 0 aromatic heterocycles. The number of hydrogen-bond donors (Lipinski definition) is 3. The zero-order chi connectivity index (χ0) is 19.4. The number of carbonyl (C=O) groups is 3. The van der Waals surface area contributed by atoms with Crippen molar-refractivity contribution in [1.82, 2.24) is 5.32 Å². The molecule has 3 rings (SSSR count). The van der Waals surface area contributed by atoms with Gasteiger partial charge in [-0.25, -0.2) is 14.2 Å². The van der Waals surface area contributed by atoms with E-state index in [4.69, 9.17) is 5.11 Å². The van der Waals surface area contributed by atoms with Crippen LogP contribution in [0.25, 0.3) is 0 Å². The molecule has 0 saturated carbocycles. The van der Waals surface area contributed by atoms with Crippen molar-refractivity contribution in [1.29, 1.82) is 0 Å². The van der Waals surface area contributed by atoms with Crippen LogP contribution in [0.3, 0.4) is 0 Å². The predicted molar refractivity (Wildman–Crippen MR) is 99.7 cm³/mol. The molecule has 1 unspecified atom stereocenters. The summed E-state index contributed by atoms with van der Waals surface area (Å²) in [7, 11) is 0. The minimum Gasteiger partial charge on any atom is -0.478 e. The number of nitrogens with zero attached hydrogens (tertiary/aromatic N) is 1. The van der Waals surface area contributed by atoms with E-state index in [0.29, 0.717) is 16.5 Å². The van der Waals surface area contributed by atoms with Crippen LogP contribution in [0.4, 0.5) is 15.8 Å². The molecule has 0 aliphatic carbocycles. The number of hydrogen-bond acceptors (Lipinski definition) is 5. The first kappa shape index (κ1) is 18.6. The summed E-state index contributed by atoms with van der Waals surface area (Å²) in [5.41, 5.74) is 1.06. The minimum atomic E-state index is -1.04. The molecule has 1 aliphatic rings. The molecule has 1 atom stereocenters. The predicted octanol–water partition coefficient (Wildman–Crippen LogP) is 2.77. The van der Waals surface area contributed by atoms with Gasteiger partial charge in [0.2, 0.25) is 11.8 Å². The Morgan fingerprint density at radius 2 is 1.81 bits per heavy atom. The van der Waals surface area contributed by atoms with Crippen LogP contribution in [-0.4, -0.2) is 33.3 Å². The number of benzene rings is 2. The standard InChI is InChI=1S/C18H14FN3O4S/c19-11-3-7-12(8-4-11)20-15(23)9-14-16(24)22-18(27-14)21-13-5-1-10(2-6-13)17(25)26/h1-8,14H,9H2,(H,20,23)(H,25,26)(H,21,22,24). The average molecular weight is 387 g/mol. The number of carboxylic acid groups (broad SMARTS) is 1. The van der Waals surface area contributed by atoms with Crippen molar-refractivity contribution in [3.05, 3.63) is 59.9 Å². The lowest BCUT2D eigenvalue weighted by atomic mass is 10.2. The second-order valence-corrected chi connectivity index (χ2v) is 6.82. The van der Waals surface area contributed by atoms with Crippen LogP contribution in [0.2, 0.25) is 0 Å². The Morgan fingerprint density at radius 3 is 2.44 bits per heavy atom. The first-order chi connectivity index (χ1) is 12.9. The minimum absolute atomic E-state index is 0.0646. The van der Waals surface area contributed by atoms with Gasteiger partial charge in [0, 0.05) is 12.1 Å². The maximum absolute atomic E-state index is 12.9. The third kappa shape index (κ3) is 4.91. The van der Waals surface area contributed by atoms with Gasteiger partial charge in [-0.1, -0.05) is 11.8 Å². The third-order valence-corrected chi connectivity index (χ3v) is 4.70. The van der Waals surface area contributed by atoms with Crippen molar-refractivity contribution in [2.75, 3.05) is 5.32 Å². The fraction of sp³-hybridized carbons (Fsp3) is 0.111. The van der Waals surface area contributed by atoms with E-state index in [0.717, 1.165) is 11.8 Å². The Balaban J connectivity index is 1.60. The van der Waals surface area contributed by atoms with Crippen LogP contribution in [0, 0.1) is 5.82 Å². The SMILES string of the molecule is O=C(CC1SC(=Nc2ccc(C(=O)O)cc2)NC1=O)Nc1ccc(F)cc1. The molecule has 7 nitrogen and oxygen atoms in total. The highest BCUT2D eigenvalue weighted by Crippen LogP contribution is 2.25. The number of amides is 2. The molecule has 3 N–H and O–H groups in total. The number of rotatable bonds is 5. The summed E-state index contributed by atoms with van der Waals surface area (Å²) in [6.45, 7) is 0. The number of aromatic carboxylic acids is 1. The lowest BCUT2D eigenvalue weighted by molar-refractivity contribution is -0.122. The van der Waals surface area contributed by atoms with Crippen molar-refractivity contribution >= 4 is 46.1 Å². The zero-order valence-corrected chi connectivity index (χ0v) is 14.6. The summed E-state index contributed by atoms with van der Waals surface area (Å²) in [5, 5.41) is 13.8. The number of halogens is 1. The monoisotopic (exact) mass is 387 g/mol. The lowest BCUT2D eigenvalue weighted by Gasteiger charge is -2.07. The topological polar surface area (TPSA) is 108 Å². The Morgan fingerprint density at radius 1 is 1.15 bits per heavy atom. The Labute approximate surface area is 157 Å². The van der Waals surface area contributed by atoms with E-state index in [1.54, 1.807) is 0 Å². The van der Waals surface area contributed by atoms with Crippen LogP contribution in [0.1, 0.15) is 16.8 Å². The summed E-state index contributed by atoms with van der Waals surface area (Å²) in [6, 6.07) is 11.2. The van der Waals surface area contributed by atoms with E-state index < -0.39 is 17.0 Å². The third-order valence-electron chi connectivity index (χ3n) is 3.62. The number of aliphatic imine (C=N–C) groups is 1. The smallest absolute Gasteiger partial charge is 0.335 e. The lowest BCUT2D eigenvalue weighted by Crippen LogP contribution is -2.28. The molecule has 2 amide bonds. The van der Waals surface area contributed by atoms with E-state index in [2.05, 4.69) is 15.6 Å². The molecular formula is C18H14FN3O4S. The van der Waals surface area contributed by atoms with Gasteiger partial charge in [-0.05, 0) is 48.5 Å². The van der Waals surface area contributed by atoms with Gasteiger partial charge in [0.15, 0.2) is 5.17 Å². The molecule has 1 saturated heterocycles. The summed E-state index contributed by atoms with van der Waals surface area (Å²) in [4.78, 5) is 39.2. The fourth-order valence-corrected chi connectivity index (χ4v) is 3.29. The van der Waals surface area contributed by atoms with E-state index in [1.165, 1.54) is 48.5 Å². The molecule has 2 aromatic rings. The largest absolute Gasteiger partial charge is 0.478 e. The van der Waals surface area contributed by atoms with Crippen LogP contribution in [-0.2, 0) is 9.59 Å². The van der Waals surface area contributed by atoms with Crippen molar-refractivity contribution in [2.45, 2.75) is 11.7 Å². The Hall–Kier alpha value is -3.20. The molecule has 0 bridgehead atoms. The van der Waals surface area contributed by atoms with Crippen LogP contribution in [0.5, 0.6) is 0 Å². The number of thioether (sulfide) groups is 1. The molecule has 0 radical (unpaired) electrons. The second kappa shape index (κ2) is 8.00. The highest BCUT2D eigenvalue weighted by atomic mass is 32.2. The number of nitrogens with one attached hydrogen (secondary N) is 2. The average Bonchev–Trinajstić information content (AvgIpc) is 2.96. The molecule has 27 heavy (non-hydrogen) atoms. The van der Waals surface area contributed by atoms with Crippen molar-refractivity contribution in [3.63, 3.8) is 0 Å². The molecule has 2 aromatic carbocycles. The Bertz CT molecular complexity index is 913. The van der Waals surface area contributed by atoms with Gasteiger partial charge < -0.3 is 15.7 Å². The maximum Gasteiger partial charge on any atom is 0.335 e. The number of anilines is 1. The van der Waals surface area contributed by atoms with Gasteiger partial charge in [0.25, 0.3) is 0 Å². The quantitative estimate of drug-likeness (QED) is 0.731. The van der Waals surface area contributed by atoms with Crippen LogP contribution >= 0.6 is 11.8 Å². The molecule has 1 heterocycles. The van der Waals surface area contributed by atoms with Crippen LogP contribution < -0.4 is 10.6 Å². The van der Waals surface area contributed by atoms with E-state index in [-0.39, 0.29) is 23.8 Å². The van der Waals surface area contributed by atoms with E-state index >= 15 is 0 Å². The first-order valence-corrected chi connectivity index (χ1v) is 8.73. The van der Waals surface area contributed by atoms with Gasteiger partial charge in [0.05, 0.1) is 11.3 Å². The van der Waals surface area contributed by atoms with Gasteiger partial charge in [-0.2, -0.15) is 0 Å². The molecule has 9 heteroatoms. The van der Waals surface area contributed by atoms with Gasteiger partial charge in [0.1, 0.15) is 11.1 Å². The second-order valence-electron chi connectivity index (χ2n) is 5.62. The van der Waals surface area contributed by atoms with Gasteiger partial charge >= 0.3 is 5.97 Å². The highest BCUT2D eigenvalue weighted by Gasteiger charge is 2.32. The van der Waals surface area contributed by atoms with Crippen molar-refractivity contribution in [3.8, 4) is 0 Å². The van der Waals surface area contributed by atoms with Gasteiger partial charge in [-0.15, -0.1) is 0 Å². The number of amidine groups is 1. The van der Waals surface area contributed by atoms with Gasteiger partial charge in [-0.3, -0.25) is 9.59 Å². The Kier molecular flexibility index (Phi) is 5.51. The number of carbonyl (C=O) groups excluding carboxylic acids is 2.